The van der Waals surface area contributed by atoms with Crippen LogP contribution in [0.15, 0.2) is 90.0 Å². The molecule has 146 valence electrons. The Morgan fingerprint density at radius 2 is 1.41 bits per heavy atom. The number of rotatable bonds is 7. The summed E-state index contributed by atoms with van der Waals surface area (Å²) in [6.45, 7) is -0.186. The first-order chi connectivity index (χ1) is 14.1. The minimum absolute atomic E-state index is 0.186. The predicted molar refractivity (Wildman–Crippen MR) is 115 cm³/mol. The van der Waals surface area contributed by atoms with E-state index >= 15 is 0 Å². The topological polar surface area (TPSA) is 70.6 Å². The number of nitrogens with zero attached hydrogens (tertiary/aromatic N) is 1. The highest BCUT2D eigenvalue weighted by atomic mass is 35.5. The maximum absolute atomic E-state index is 12.8. The zero-order chi connectivity index (χ0) is 20.5. The van der Waals surface area contributed by atoms with Crippen LogP contribution in [0.2, 0.25) is 5.02 Å². The molecular formula is C23H20ClN3O2. The molecule has 5 nitrogen and oxygen atoms in total. The van der Waals surface area contributed by atoms with Crippen molar-refractivity contribution in [1.82, 2.24) is 10.7 Å². The van der Waals surface area contributed by atoms with Crippen molar-refractivity contribution in [2.24, 2.45) is 5.10 Å². The van der Waals surface area contributed by atoms with Crippen molar-refractivity contribution in [2.75, 3.05) is 6.54 Å². The summed E-state index contributed by atoms with van der Waals surface area (Å²) in [4.78, 5) is 24.9. The molecule has 0 aliphatic heterocycles. The zero-order valence-electron chi connectivity index (χ0n) is 15.6. The first kappa shape index (κ1) is 20.3. The molecule has 0 heterocycles. The average Bonchev–Trinajstić information content (AvgIpc) is 2.75. The van der Waals surface area contributed by atoms with E-state index in [9.17, 15) is 9.59 Å². The van der Waals surface area contributed by atoms with Gasteiger partial charge in [0, 0.05) is 10.6 Å². The van der Waals surface area contributed by atoms with Crippen LogP contribution in [0.3, 0.4) is 0 Å². The lowest BCUT2D eigenvalue weighted by atomic mass is 9.90. The summed E-state index contributed by atoms with van der Waals surface area (Å²) < 4.78 is 0. The SMILES string of the molecule is O=C(CNC(=O)C(c1ccccc1)c1ccccc1)N/N=C\c1ccccc1Cl. The fraction of sp³-hybridized carbons (Fsp3) is 0.0870. The van der Waals surface area contributed by atoms with Crippen molar-refractivity contribution in [1.29, 1.82) is 0 Å². The van der Waals surface area contributed by atoms with E-state index in [0.717, 1.165) is 11.1 Å². The van der Waals surface area contributed by atoms with Gasteiger partial charge in [-0.25, -0.2) is 5.43 Å². The second kappa shape index (κ2) is 10.2. The molecule has 0 unspecified atom stereocenters. The lowest BCUT2D eigenvalue weighted by molar-refractivity contribution is -0.126. The molecule has 2 amide bonds. The number of carbonyl (C=O) groups excluding carboxylic acids is 2. The van der Waals surface area contributed by atoms with Gasteiger partial charge in [0.2, 0.25) is 5.91 Å². The summed E-state index contributed by atoms with van der Waals surface area (Å²) in [7, 11) is 0. The Kier molecular flexibility index (Phi) is 7.14. The Morgan fingerprint density at radius 1 is 0.862 bits per heavy atom. The summed E-state index contributed by atoms with van der Waals surface area (Å²) in [5.41, 5.74) is 4.79. The fourth-order valence-electron chi connectivity index (χ4n) is 2.85. The van der Waals surface area contributed by atoms with Crippen molar-refractivity contribution in [3.8, 4) is 0 Å². The number of hydrogen-bond donors (Lipinski definition) is 2. The van der Waals surface area contributed by atoms with E-state index in [4.69, 9.17) is 11.6 Å². The number of hydrazone groups is 1. The quantitative estimate of drug-likeness (QED) is 0.464. The van der Waals surface area contributed by atoms with Gasteiger partial charge in [-0.1, -0.05) is 90.5 Å². The van der Waals surface area contributed by atoms with Crippen LogP contribution in [-0.2, 0) is 9.59 Å². The molecule has 0 saturated carbocycles. The molecule has 0 aliphatic carbocycles. The molecule has 0 aliphatic rings. The van der Waals surface area contributed by atoms with E-state index in [1.165, 1.54) is 6.21 Å². The minimum atomic E-state index is -0.503. The molecule has 0 saturated heterocycles. The second-order valence-electron chi connectivity index (χ2n) is 6.29. The number of carbonyl (C=O) groups is 2. The molecular weight excluding hydrogens is 386 g/mol. The van der Waals surface area contributed by atoms with Crippen LogP contribution < -0.4 is 10.7 Å². The first-order valence-electron chi connectivity index (χ1n) is 9.09. The largest absolute Gasteiger partial charge is 0.346 e. The summed E-state index contributed by atoms with van der Waals surface area (Å²) in [6.07, 6.45) is 1.46. The third-order valence-corrected chi connectivity index (χ3v) is 4.59. The van der Waals surface area contributed by atoms with E-state index in [2.05, 4.69) is 15.8 Å². The molecule has 2 N–H and O–H groups in total. The second-order valence-corrected chi connectivity index (χ2v) is 6.69. The van der Waals surface area contributed by atoms with Crippen LogP contribution in [0, 0.1) is 0 Å². The summed E-state index contributed by atoms with van der Waals surface area (Å²) >= 11 is 6.03. The highest BCUT2D eigenvalue weighted by molar-refractivity contribution is 6.33. The average molecular weight is 406 g/mol. The molecule has 0 bridgehead atoms. The van der Waals surface area contributed by atoms with Crippen LogP contribution in [0.1, 0.15) is 22.6 Å². The van der Waals surface area contributed by atoms with Gasteiger partial charge in [0.1, 0.15) is 0 Å². The van der Waals surface area contributed by atoms with Crippen LogP contribution in [0.5, 0.6) is 0 Å². The number of nitrogens with one attached hydrogen (secondary N) is 2. The van der Waals surface area contributed by atoms with Crippen molar-refractivity contribution in [3.05, 3.63) is 107 Å². The third-order valence-electron chi connectivity index (χ3n) is 4.25. The summed E-state index contributed by atoms with van der Waals surface area (Å²) in [5.74, 6) is -1.19. The maximum atomic E-state index is 12.8. The van der Waals surface area contributed by atoms with Gasteiger partial charge in [-0.05, 0) is 17.2 Å². The standard InChI is InChI=1S/C23H20ClN3O2/c24-20-14-8-7-13-19(20)15-26-27-21(28)16-25-23(29)22(17-9-3-1-4-10-17)18-11-5-2-6-12-18/h1-15,22H,16H2,(H,25,29)(H,27,28)/b26-15-. The molecule has 0 radical (unpaired) electrons. The Labute approximate surface area is 174 Å². The normalized spacial score (nSPS) is 10.8. The van der Waals surface area contributed by atoms with Crippen molar-refractivity contribution in [3.63, 3.8) is 0 Å². The molecule has 0 spiro atoms. The number of benzene rings is 3. The molecule has 3 aromatic rings. The van der Waals surface area contributed by atoms with E-state index in [1.54, 1.807) is 12.1 Å². The van der Waals surface area contributed by atoms with Crippen LogP contribution in [0.4, 0.5) is 0 Å². The van der Waals surface area contributed by atoms with E-state index in [1.807, 2.05) is 72.8 Å². The van der Waals surface area contributed by atoms with Gasteiger partial charge in [0.05, 0.1) is 18.7 Å². The Bertz CT molecular complexity index is 952. The minimum Gasteiger partial charge on any atom is -0.346 e. The van der Waals surface area contributed by atoms with Gasteiger partial charge in [0.15, 0.2) is 0 Å². The fourth-order valence-corrected chi connectivity index (χ4v) is 3.03. The molecule has 29 heavy (non-hydrogen) atoms. The highest BCUT2D eigenvalue weighted by Gasteiger charge is 2.22. The predicted octanol–water partition coefficient (Wildman–Crippen LogP) is 3.74. The van der Waals surface area contributed by atoms with Gasteiger partial charge in [-0.15, -0.1) is 0 Å². The lowest BCUT2D eigenvalue weighted by Crippen LogP contribution is -2.37. The molecule has 3 aromatic carbocycles. The van der Waals surface area contributed by atoms with E-state index in [0.29, 0.717) is 10.6 Å². The first-order valence-corrected chi connectivity index (χ1v) is 9.47. The molecule has 3 rings (SSSR count). The smallest absolute Gasteiger partial charge is 0.259 e. The Balaban J connectivity index is 1.61. The molecule has 0 fully saturated rings. The monoisotopic (exact) mass is 405 g/mol. The van der Waals surface area contributed by atoms with Crippen LogP contribution in [0.25, 0.3) is 0 Å². The van der Waals surface area contributed by atoms with E-state index < -0.39 is 11.8 Å². The molecule has 0 aromatic heterocycles. The van der Waals surface area contributed by atoms with Gasteiger partial charge in [-0.2, -0.15) is 5.10 Å². The van der Waals surface area contributed by atoms with Gasteiger partial charge >= 0.3 is 0 Å². The number of amides is 2. The highest BCUT2D eigenvalue weighted by Crippen LogP contribution is 2.24. The van der Waals surface area contributed by atoms with Gasteiger partial charge in [-0.3, -0.25) is 9.59 Å². The third kappa shape index (κ3) is 5.77. The van der Waals surface area contributed by atoms with Crippen molar-refractivity contribution in [2.45, 2.75) is 5.92 Å². The van der Waals surface area contributed by atoms with Gasteiger partial charge < -0.3 is 5.32 Å². The Hall–Kier alpha value is -3.44. The zero-order valence-corrected chi connectivity index (χ0v) is 16.3. The van der Waals surface area contributed by atoms with E-state index in [-0.39, 0.29) is 12.5 Å². The lowest BCUT2D eigenvalue weighted by Gasteiger charge is -2.17. The van der Waals surface area contributed by atoms with Crippen molar-refractivity contribution < 1.29 is 9.59 Å². The number of halogens is 1. The maximum Gasteiger partial charge on any atom is 0.259 e. The summed E-state index contributed by atoms with van der Waals surface area (Å²) in [5, 5.41) is 7.10. The summed E-state index contributed by atoms with van der Waals surface area (Å²) in [6, 6.07) is 26.1. The van der Waals surface area contributed by atoms with Gasteiger partial charge in [0.25, 0.3) is 5.91 Å². The number of hydrogen-bond acceptors (Lipinski definition) is 3. The van der Waals surface area contributed by atoms with Crippen LogP contribution in [-0.4, -0.2) is 24.6 Å². The molecule has 0 atom stereocenters. The van der Waals surface area contributed by atoms with Crippen LogP contribution >= 0.6 is 11.6 Å². The van der Waals surface area contributed by atoms with Crippen molar-refractivity contribution >= 4 is 29.6 Å². The molecule has 6 heteroatoms. The Morgan fingerprint density at radius 3 is 2.00 bits per heavy atom.